The van der Waals surface area contributed by atoms with Crippen molar-refractivity contribution in [2.45, 2.75) is 51.5 Å². The molecule has 6 heteroatoms. The summed E-state index contributed by atoms with van der Waals surface area (Å²) in [6.07, 6.45) is 4.40. The Balaban J connectivity index is 2.52. The first-order valence-corrected chi connectivity index (χ1v) is 7.83. The monoisotopic (exact) mass is 301 g/mol. The van der Waals surface area contributed by atoms with Crippen LogP contribution in [0.2, 0.25) is 0 Å². The number of hydrogen-bond donors (Lipinski definition) is 3. The molecule has 0 saturated heterocycles. The number of carbonyl (C=O) groups excluding carboxylic acids is 1. The number of aliphatic hydroxyl groups excluding tert-OH is 1. The number of hydrogen-bond acceptors (Lipinski definition) is 5. The third-order valence-corrected chi connectivity index (χ3v) is 4.01. The van der Waals surface area contributed by atoms with E-state index in [1.54, 1.807) is 0 Å². The van der Waals surface area contributed by atoms with E-state index >= 15 is 0 Å². The molecule has 0 radical (unpaired) electrons. The highest BCUT2D eigenvalue weighted by Gasteiger charge is 2.38. The lowest BCUT2D eigenvalue weighted by atomic mass is 9.78. The van der Waals surface area contributed by atoms with Gasteiger partial charge in [-0.05, 0) is 25.7 Å². The molecule has 0 bridgehead atoms. The second-order valence-corrected chi connectivity index (χ2v) is 5.61. The lowest BCUT2D eigenvalue weighted by Gasteiger charge is -2.33. The van der Waals surface area contributed by atoms with E-state index in [1.165, 1.54) is 0 Å². The molecule has 0 aromatic carbocycles. The topological polar surface area (TPSA) is 95.9 Å². The van der Waals surface area contributed by atoms with Gasteiger partial charge in [-0.2, -0.15) is 0 Å². The molecule has 21 heavy (non-hydrogen) atoms. The highest BCUT2D eigenvalue weighted by atomic mass is 16.5. The molecule has 1 rings (SSSR count). The lowest BCUT2D eigenvalue weighted by molar-refractivity contribution is -0.154. The Labute approximate surface area is 125 Å². The molecule has 122 valence electrons. The Hall–Kier alpha value is -1.14. The van der Waals surface area contributed by atoms with Gasteiger partial charge in [-0.25, -0.2) is 0 Å². The molecular weight excluding hydrogens is 274 g/mol. The standard InChI is InChI=1S/C15H27NO5/c1-2-3-4-9-21-15(20)12-6-5-11(14(18)19)10-13(12)16-7-8-17/h11-13,16-17H,2-10H2,1H3,(H,18,19). The zero-order valence-corrected chi connectivity index (χ0v) is 12.7. The first kappa shape index (κ1) is 17.9. The Morgan fingerprint density at radius 3 is 2.67 bits per heavy atom. The number of carboxylic acids is 1. The maximum absolute atomic E-state index is 12.1. The van der Waals surface area contributed by atoms with Crippen LogP contribution in [0.3, 0.4) is 0 Å². The summed E-state index contributed by atoms with van der Waals surface area (Å²) < 4.78 is 5.30. The van der Waals surface area contributed by atoms with Crippen molar-refractivity contribution in [1.82, 2.24) is 5.32 Å². The quantitative estimate of drug-likeness (QED) is 0.437. The van der Waals surface area contributed by atoms with Crippen molar-refractivity contribution in [3.05, 3.63) is 0 Å². The molecule has 1 fully saturated rings. The van der Waals surface area contributed by atoms with Gasteiger partial charge in [0.05, 0.1) is 25.0 Å². The Bertz CT molecular complexity index is 334. The normalized spacial score (nSPS) is 25.5. The molecule has 3 atom stereocenters. The third-order valence-electron chi connectivity index (χ3n) is 4.01. The van der Waals surface area contributed by atoms with Crippen LogP contribution in [0.15, 0.2) is 0 Å². The van der Waals surface area contributed by atoms with Gasteiger partial charge in [-0.1, -0.05) is 19.8 Å². The van der Waals surface area contributed by atoms with Gasteiger partial charge in [0.15, 0.2) is 0 Å². The van der Waals surface area contributed by atoms with Gasteiger partial charge in [-0.3, -0.25) is 9.59 Å². The summed E-state index contributed by atoms with van der Waals surface area (Å²) in [5, 5.41) is 21.1. The van der Waals surface area contributed by atoms with Gasteiger partial charge in [0, 0.05) is 12.6 Å². The molecule has 0 aromatic rings. The molecule has 6 nitrogen and oxygen atoms in total. The fourth-order valence-corrected chi connectivity index (χ4v) is 2.78. The molecule has 1 saturated carbocycles. The van der Waals surface area contributed by atoms with E-state index in [0.717, 1.165) is 19.3 Å². The van der Waals surface area contributed by atoms with Crippen molar-refractivity contribution in [3.8, 4) is 0 Å². The Kier molecular flexibility index (Phi) is 8.30. The summed E-state index contributed by atoms with van der Waals surface area (Å²) in [6, 6.07) is -0.231. The largest absolute Gasteiger partial charge is 0.481 e. The molecule has 0 aliphatic heterocycles. The van der Waals surface area contributed by atoms with E-state index in [2.05, 4.69) is 12.2 Å². The molecule has 1 aliphatic rings. The highest BCUT2D eigenvalue weighted by molar-refractivity contribution is 5.75. The summed E-state index contributed by atoms with van der Waals surface area (Å²) in [4.78, 5) is 23.2. The van der Waals surface area contributed by atoms with Gasteiger partial charge >= 0.3 is 11.9 Å². The van der Waals surface area contributed by atoms with Crippen LogP contribution in [0.5, 0.6) is 0 Å². The SMILES string of the molecule is CCCCCOC(=O)C1CCC(C(=O)O)CC1NCCO. The Morgan fingerprint density at radius 1 is 1.29 bits per heavy atom. The number of ether oxygens (including phenoxy) is 1. The summed E-state index contributed by atoms with van der Waals surface area (Å²) >= 11 is 0. The van der Waals surface area contributed by atoms with Gasteiger partial charge in [0.1, 0.15) is 0 Å². The third kappa shape index (κ3) is 6.01. The minimum absolute atomic E-state index is 0.0352. The van der Waals surface area contributed by atoms with Crippen LogP contribution < -0.4 is 5.32 Å². The zero-order chi connectivity index (χ0) is 15.7. The van der Waals surface area contributed by atoms with Crippen molar-refractivity contribution in [3.63, 3.8) is 0 Å². The van der Waals surface area contributed by atoms with E-state index in [0.29, 0.717) is 32.4 Å². The second-order valence-electron chi connectivity index (χ2n) is 5.61. The minimum Gasteiger partial charge on any atom is -0.481 e. The number of aliphatic hydroxyl groups is 1. The maximum atomic E-state index is 12.1. The molecule has 0 amide bonds. The van der Waals surface area contributed by atoms with Gasteiger partial charge in [0.2, 0.25) is 0 Å². The fraction of sp³-hybridized carbons (Fsp3) is 0.867. The molecular formula is C15H27NO5. The van der Waals surface area contributed by atoms with Crippen LogP contribution in [0.25, 0.3) is 0 Å². The first-order chi connectivity index (χ1) is 10.1. The van der Waals surface area contributed by atoms with Crippen LogP contribution in [0.4, 0.5) is 0 Å². The van der Waals surface area contributed by atoms with Crippen LogP contribution in [0.1, 0.15) is 45.4 Å². The second kappa shape index (κ2) is 9.73. The molecule has 1 aliphatic carbocycles. The predicted octanol–water partition coefficient (Wildman–Crippen LogP) is 1.17. The molecule has 3 unspecified atom stereocenters. The number of carbonyl (C=O) groups is 2. The number of rotatable bonds is 9. The molecule has 0 aromatic heterocycles. The molecule has 0 heterocycles. The summed E-state index contributed by atoms with van der Waals surface area (Å²) in [7, 11) is 0. The van der Waals surface area contributed by atoms with E-state index in [4.69, 9.17) is 14.9 Å². The molecule has 3 N–H and O–H groups in total. The number of carboxylic acid groups (broad SMARTS) is 1. The molecule has 0 spiro atoms. The smallest absolute Gasteiger partial charge is 0.310 e. The van der Waals surface area contributed by atoms with E-state index in [-0.39, 0.29) is 24.5 Å². The predicted molar refractivity (Wildman–Crippen MR) is 77.8 cm³/mol. The van der Waals surface area contributed by atoms with E-state index in [9.17, 15) is 9.59 Å². The van der Waals surface area contributed by atoms with Crippen LogP contribution >= 0.6 is 0 Å². The summed E-state index contributed by atoms with van der Waals surface area (Å²) in [5.74, 6) is -1.80. The average molecular weight is 301 g/mol. The zero-order valence-electron chi connectivity index (χ0n) is 12.7. The summed E-state index contributed by atoms with van der Waals surface area (Å²) in [5.41, 5.74) is 0. The van der Waals surface area contributed by atoms with Gasteiger partial charge < -0.3 is 20.3 Å². The van der Waals surface area contributed by atoms with Crippen LogP contribution in [-0.2, 0) is 14.3 Å². The van der Waals surface area contributed by atoms with Crippen molar-refractivity contribution in [2.24, 2.45) is 11.8 Å². The van der Waals surface area contributed by atoms with Crippen molar-refractivity contribution >= 4 is 11.9 Å². The van der Waals surface area contributed by atoms with Gasteiger partial charge in [0.25, 0.3) is 0 Å². The van der Waals surface area contributed by atoms with E-state index < -0.39 is 11.9 Å². The van der Waals surface area contributed by atoms with Crippen molar-refractivity contribution in [2.75, 3.05) is 19.8 Å². The van der Waals surface area contributed by atoms with Crippen LogP contribution in [0, 0.1) is 11.8 Å². The van der Waals surface area contributed by atoms with Crippen molar-refractivity contribution in [1.29, 1.82) is 0 Å². The maximum Gasteiger partial charge on any atom is 0.310 e. The lowest BCUT2D eigenvalue weighted by Crippen LogP contribution is -2.47. The number of esters is 1. The van der Waals surface area contributed by atoms with E-state index in [1.807, 2.05) is 0 Å². The summed E-state index contributed by atoms with van der Waals surface area (Å²) in [6.45, 7) is 2.84. The van der Waals surface area contributed by atoms with Crippen LogP contribution in [-0.4, -0.2) is 48.0 Å². The van der Waals surface area contributed by atoms with Crippen molar-refractivity contribution < 1.29 is 24.5 Å². The average Bonchev–Trinajstić information content (AvgIpc) is 2.48. The Morgan fingerprint density at radius 2 is 2.05 bits per heavy atom. The van der Waals surface area contributed by atoms with Gasteiger partial charge in [-0.15, -0.1) is 0 Å². The highest BCUT2D eigenvalue weighted by Crippen LogP contribution is 2.30. The minimum atomic E-state index is -0.819. The first-order valence-electron chi connectivity index (χ1n) is 7.83. The number of aliphatic carboxylic acids is 1. The number of nitrogens with one attached hydrogen (secondary N) is 1. The number of unbranched alkanes of at least 4 members (excludes halogenated alkanes) is 2. The fourth-order valence-electron chi connectivity index (χ4n) is 2.78.